The van der Waals surface area contributed by atoms with Crippen LogP contribution in [0.1, 0.15) is 19.4 Å². The molecule has 0 spiro atoms. The third kappa shape index (κ3) is 4.56. The Balaban J connectivity index is 2.63. The van der Waals surface area contributed by atoms with E-state index in [0.29, 0.717) is 0 Å². The maximum absolute atomic E-state index is 11.9. The summed E-state index contributed by atoms with van der Waals surface area (Å²) in [5, 5.41) is 2.19. The molecule has 1 aromatic carbocycles. The number of rotatable bonds is 5. The molecule has 0 saturated heterocycles. The van der Waals surface area contributed by atoms with Crippen molar-refractivity contribution in [2.75, 3.05) is 18.9 Å². The maximum atomic E-state index is 11.9. The predicted molar refractivity (Wildman–Crippen MR) is 77.4 cm³/mol. The van der Waals surface area contributed by atoms with Crippen molar-refractivity contribution in [1.29, 1.82) is 0 Å². The van der Waals surface area contributed by atoms with Crippen LogP contribution in [0.15, 0.2) is 24.3 Å². The fourth-order valence-corrected chi connectivity index (χ4v) is 1.90. The van der Waals surface area contributed by atoms with E-state index < -0.39 is 5.38 Å². The molecule has 0 aliphatic carbocycles. The molecule has 0 saturated carbocycles. The number of para-hydroxylation sites is 1. The molecule has 5 heteroatoms. The van der Waals surface area contributed by atoms with Crippen molar-refractivity contribution in [1.82, 2.24) is 4.90 Å². The number of carbonyl (C=O) groups excluding carboxylic acids is 2. The quantitative estimate of drug-likeness (QED) is 0.842. The average Bonchev–Trinajstić information content (AvgIpc) is 2.38. The summed E-state index contributed by atoms with van der Waals surface area (Å²) >= 11 is 5.69. The van der Waals surface area contributed by atoms with Crippen LogP contribution in [-0.2, 0) is 16.0 Å². The number of nitrogens with zero attached hydrogens (tertiary/aromatic N) is 1. The number of amides is 2. The molecule has 19 heavy (non-hydrogen) atoms. The largest absolute Gasteiger partial charge is 0.335 e. The minimum absolute atomic E-state index is 0.00601. The molecule has 1 atom stereocenters. The summed E-state index contributed by atoms with van der Waals surface area (Å²) in [7, 11) is 1.56. The molecule has 104 valence electrons. The van der Waals surface area contributed by atoms with Gasteiger partial charge >= 0.3 is 0 Å². The molecule has 1 unspecified atom stereocenters. The van der Waals surface area contributed by atoms with Crippen molar-refractivity contribution in [3.63, 3.8) is 0 Å². The Hall–Kier alpha value is -1.55. The zero-order chi connectivity index (χ0) is 14.4. The van der Waals surface area contributed by atoms with Crippen LogP contribution in [0.25, 0.3) is 0 Å². The Kier molecular flexibility index (Phi) is 5.83. The van der Waals surface area contributed by atoms with Crippen LogP contribution in [0.5, 0.6) is 0 Å². The number of hydrogen-bond acceptors (Lipinski definition) is 2. The van der Waals surface area contributed by atoms with Gasteiger partial charge in [-0.2, -0.15) is 0 Å². The summed E-state index contributed by atoms with van der Waals surface area (Å²) < 4.78 is 0. The van der Waals surface area contributed by atoms with E-state index in [1.807, 2.05) is 31.2 Å². The fraction of sp³-hybridized carbons (Fsp3) is 0.429. The smallest absolute Gasteiger partial charge is 0.243 e. The van der Waals surface area contributed by atoms with Gasteiger partial charge in [0.1, 0.15) is 5.38 Å². The summed E-state index contributed by atoms with van der Waals surface area (Å²) in [5.74, 6) is -0.491. The predicted octanol–water partition coefficient (Wildman–Crippen LogP) is 2.27. The minimum Gasteiger partial charge on any atom is -0.335 e. The van der Waals surface area contributed by atoms with Crippen LogP contribution in [0.4, 0.5) is 5.69 Å². The number of halogens is 1. The molecule has 2 amide bonds. The number of aryl methyl sites for hydroxylation is 1. The van der Waals surface area contributed by atoms with Crippen molar-refractivity contribution in [2.24, 2.45) is 0 Å². The van der Waals surface area contributed by atoms with E-state index in [2.05, 4.69) is 5.32 Å². The Morgan fingerprint density at radius 3 is 2.58 bits per heavy atom. The summed E-state index contributed by atoms with van der Waals surface area (Å²) in [5.41, 5.74) is 1.85. The highest BCUT2D eigenvalue weighted by Crippen LogP contribution is 2.15. The van der Waals surface area contributed by atoms with E-state index in [4.69, 9.17) is 11.6 Å². The van der Waals surface area contributed by atoms with Crippen molar-refractivity contribution >= 4 is 29.1 Å². The third-order valence-electron chi connectivity index (χ3n) is 2.77. The van der Waals surface area contributed by atoms with Gasteiger partial charge in [-0.15, -0.1) is 11.6 Å². The molecule has 1 rings (SSSR count). The van der Waals surface area contributed by atoms with Gasteiger partial charge in [0.05, 0.1) is 6.54 Å². The Morgan fingerprint density at radius 1 is 1.37 bits per heavy atom. The standard InChI is InChI=1S/C14H19ClN2O2/c1-4-11-7-5-6-8-12(11)16-13(18)9-17(3)14(19)10(2)15/h5-8,10H,4,9H2,1-3H3,(H,16,18). The van der Waals surface area contributed by atoms with Gasteiger partial charge in [-0.05, 0) is 25.0 Å². The van der Waals surface area contributed by atoms with Crippen LogP contribution >= 0.6 is 11.6 Å². The topological polar surface area (TPSA) is 49.4 Å². The first kappa shape index (κ1) is 15.5. The third-order valence-corrected chi connectivity index (χ3v) is 2.96. The SMILES string of the molecule is CCc1ccccc1NC(=O)CN(C)C(=O)C(C)Cl. The first-order valence-electron chi connectivity index (χ1n) is 6.22. The lowest BCUT2D eigenvalue weighted by atomic mass is 10.1. The average molecular weight is 283 g/mol. The second-order valence-corrected chi connectivity index (χ2v) is 5.02. The van der Waals surface area contributed by atoms with E-state index in [1.165, 1.54) is 4.90 Å². The van der Waals surface area contributed by atoms with Crippen molar-refractivity contribution in [2.45, 2.75) is 25.6 Å². The molecular weight excluding hydrogens is 264 g/mol. The lowest BCUT2D eigenvalue weighted by Crippen LogP contribution is -2.38. The van der Waals surface area contributed by atoms with Crippen LogP contribution in [-0.4, -0.2) is 35.7 Å². The molecule has 0 aromatic heterocycles. The van der Waals surface area contributed by atoms with Gasteiger partial charge in [0.25, 0.3) is 0 Å². The first-order chi connectivity index (χ1) is 8.95. The van der Waals surface area contributed by atoms with Gasteiger partial charge in [-0.1, -0.05) is 25.1 Å². The van der Waals surface area contributed by atoms with Crippen LogP contribution in [0.2, 0.25) is 0 Å². The normalized spacial score (nSPS) is 11.8. The lowest BCUT2D eigenvalue weighted by molar-refractivity contribution is -0.132. The minimum atomic E-state index is -0.624. The number of benzene rings is 1. The van der Waals surface area contributed by atoms with Gasteiger partial charge in [0, 0.05) is 12.7 Å². The van der Waals surface area contributed by atoms with Gasteiger partial charge in [-0.3, -0.25) is 9.59 Å². The van der Waals surface area contributed by atoms with E-state index in [9.17, 15) is 9.59 Å². The van der Waals surface area contributed by atoms with E-state index in [1.54, 1.807) is 14.0 Å². The zero-order valence-electron chi connectivity index (χ0n) is 11.4. The van der Waals surface area contributed by atoms with Gasteiger partial charge < -0.3 is 10.2 Å². The molecule has 0 aliphatic rings. The molecule has 0 heterocycles. The number of likely N-dealkylation sites (N-methyl/N-ethyl adjacent to an activating group) is 1. The Morgan fingerprint density at radius 2 is 2.00 bits per heavy atom. The van der Waals surface area contributed by atoms with Crippen molar-refractivity contribution in [3.8, 4) is 0 Å². The number of anilines is 1. The molecule has 0 bridgehead atoms. The maximum Gasteiger partial charge on any atom is 0.243 e. The van der Waals surface area contributed by atoms with Crippen LogP contribution in [0, 0.1) is 0 Å². The summed E-state index contributed by atoms with van der Waals surface area (Å²) in [6, 6.07) is 7.61. The highest BCUT2D eigenvalue weighted by atomic mass is 35.5. The molecule has 0 fully saturated rings. The number of hydrogen-bond donors (Lipinski definition) is 1. The highest BCUT2D eigenvalue weighted by Gasteiger charge is 2.17. The van der Waals surface area contributed by atoms with Crippen molar-refractivity contribution in [3.05, 3.63) is 29.8 Å². The second-order valence-electron chi connectivity index (χ2n) is 4.37. The Bertz CT molecular complexity index is 461. The molecule has 1 aromatic rings. The lowest BCUT2D eigenvalue weighted by Gasteiger charge is -2.18. The van der Waals surface area contributed by atoms with Crippen molar-refractivity contribution < 1.29 is 9.59 Å². The molecule has 1 N–H and O–H groups in total. The van der Waals surface area contributed by atoms with Crippen LogP contribution < -0.4 is 5.32 Å². The highest BCUT2D eigenvalue weighted by molar-refractivity contribution is 6.30. The second kappa shape index (κ2) is 7.14. The summed E-state index contributed by atoms with van der Waals surface area (Å²) in [6.07, 6.45) is 0.837. The zero-order valence-corrected chi connectivity index (χ0v) is 12.2. The van der Waals surface area contributed by atoms with E-state index >= 15 is 0 Å². The molecule has 0 radical (unpaired) electrons. The molecule has 4 nitrogen and oxygen atoms in total. The number of nitrogens with one attached hydrogen (secondary N) is 1. The first-order valence-corrected chi connectivity index (χ1v) is 6.66. The number of alkyl halides is 1. The van der Waals surface area contributed by atoms with E-state index in [-0.39, 0.29) is 18.4 Å². The molecular formula is C14H19ClN2O2. The monoisotopic (exact) mass is 282 g/mol. The molecule has 0 aliphatic heterocycles. The van der Waals surface area contributed by atoms with Gasteiger partial charge in [-0.25, -0.2) is 0 Å². The fourth-order valence-electron chi connectivity index (χ4n) is 1.74. The Labute approximate surface area is 118 Å². The van der Waals surface area contributed by atoms with Gasteiger partial charge in [0.2, 0.25) is 11.8 Å². The summed E-state index contributed by atoms with van der Waals surface area (Å²) in [4.78, 5) is 24.8. The summed E-state index contributed by atoms with van der Waals surface area (Å²) in [6.45, 7) is 3.61. The number of carbonyl (C=O) groups is 2. The van der Waals surface area contributed by atoms with Gasteiger partial charge in [0.15, 0.2) is 0 Å². The van der Waals surface area contributed by atoms with Crippen LogP contribution in [0.3, 0.4) is 0 Å². The van der Waals surface area contributed by atoms with E-state index in [0.717, 1.165) is 17.7 Å².